The summed E-state index contributed by atoms with van der Waals surface area (Å²) in [6, 6.07) is 0. The van der Waals surface area contributed by atoms with E-state index in [1.54, 1.807) is 0 Å². The van der Waals surface area contributed by atoms with Gasteiger partial charge in [0.2, 0.25) is 5.91 Å². The maximum atomic E-state index is 12.8. The monoisotopic (exact) mass is 444 g/mol. The van der Waals surface area contributed by atoms with Crippen LogP contribution in [0.4, 0.5) is 5.13 Å². The second-order valence-electron chi connectivity index (χ2n) is 6.05. The maximum absolute atomic E-state index is 12.8. The molecule has 2 aliphatic heterocycles. The number of Topliss-reactive ketones (excluding diaryl/α,β-unsaturated/α-hetero) is 1. The lowest BCUT2D eigenvalue weighted by Crippen LogP contribution is -2.62. The van der Waals surface area contributed by atoms with E-state index in [2.05, 4.69) is 10.1 Å². The van der Waals surface area contributed by atoms with Crippen molar-refractivity contribution in [1.82, 2.24) is 9.88 Å². The number of nitrogen functional groups attached to an aromatic ring is 1. The molecule has 0 spiro atoms. The molecule has 2 aliphatic rings. The topological polar surface area (TPSA) is 135 Å². The largest absolute Gasteiger partial charge is 0.477 e. The number of β-lactam (4-membered cyclic amide) rings is 1. The van der Waals surface area contributed by atoms with Crippen LogP contribution in [-0.2, 0) is 19.2 Å². The predicted octanol–water partition coefficient (Wildman–Crippen LogP) is 1.97. The number of hydrogen-bond acceptors (Lipinski definition) is 9. The summed E-state index contributed by atoms with van der Waals surface area (Å²) in [5.41, 5.74) is 6.35. The van der Waals surface area contributed by atoms with Gasteiger partial charge in [0.05, 0.1) is 11.3 Å². The summed E-state index contributed by atoms with van der Waals surface area (Å²) in [5, 5.41) is 13.0. The van der Waals surface area contributed by atoms with Crippen LogP contribution in [0.5, 0.6) is 0 Å². The summed E-state index contributed by atoms with van der Waals surface area (Å²) in [6.45, 7) is 1.85. The zero-order chi connectivity index (χ0) is 20.6. The van der Waals surface area contributed by atoms with Crippen LogP contribution in [0.25, 0.3) is 0 Å². The number of anilines is 1. The van der Waals surface area contributed by atoms with Crippen molar-refractivity contribution < 1.29 is 24.3 Å². The molecule has 3 heterocycles. The van der Waals surface area contributed by atoms with Gasteiger partial charge in [0, 0.05) is 12.2 Å². The molecule has 1 aromatic rings. The van der Waals surface area contributed by atoms with Gasteiger partial charge in [-0.2, -0.15) is 0 Å². The number of thioether (sulfide) groups is 1. The number of nitrogens with zero attached hydrogens (tertiary/aromatic N) is 3. The summed E-state index contributed by atoms with van der Waals surface area (Å²) in [4.78, 5) is 47.0. The van der Waals surface area contributed by atoms with E-state index in [1.807, 2.05) is 6.92 Å². The number of fused-ring (bicyclic) bond motifs is 1. The summed E-state index contributed by atoms with van der Waals surface area (Å²) in [6.07, 6.45) is 0.389. The molecule has 28 heavy (non-hydrogen) atoms. The normalized spacial score (nSPS) is 22.0. The molecule has 0 aromatic carbocycles. The fourth-order valence-corrected chi connectivity index (χ4v) is 5.61. The van der Waals surface area contributed by atoms with E-state index >= 15 is 0 Å². The molecule has 2 atom stereocenters. The summed E-state index contributed by atoms with van der Waals surface area (Å²) < 4.78 is 0.193. The van der Waals surface area contributed by atoms with Crippen molar-refractivity contribution in [2.24, 2.45) is 11.1 Å². The van der Waals surface area contributed by atoms with E-state index in [9.17, 15) is 19.5 Å². The summed E-state index contributed by atoms with van der Waals surface area (Å²) in [5.74, 6) is -2.15. The van der Waals surface area contributed by atoms with E-state index in [0.717, 1.165) is 11.3 Å². The molecule has 150 valence electrons. The number of nitrogens with two attached hydrogens (primary N) is 1. The standard InChI is InChI=1S/C16H17ClN4O5S2/c1-3-6-5-27-14-7(13(23)21(14)11(6)15(24)25)4-8(22)9(20-26-2)10-12(17)28-16(18)19-10/h7,14H,3-5H2,1-2H3,(H2,18,19)(H,24,25)/b20-9+/t7-,14-/m1/s1. The molecule has 0 radical (unpaired) electrons. The molecule has 0 unspecified atom stereocenters. The van der Waals surface area contributed by atoms with Crippen LogP contribution in [0.3, 0.4) is 0 Å². The average Bonchev–Trinajstić information content (AvgIpc) is 3.00. The minimum Gasteiger partial charge on any atom is -0.477 e. The fraction of sp³-hybridized carbons (Fsp3) is 0.438. The Labute approximate surface area is 173 Å². The fourth-order valence-electron chi connectivity index (χ4n) is 3.17. The zero-order valence-corrected chi connectivity index (χ0v) is 17.4. The Morgan fingerprint density at radius 2 is 2.21 bits per heavy atom. The number of carbonyl (C=O) groups is 3. The van der Waals surface area contributed by atoms with Crippen molar-refractivity contribution in [2.45, 2.75) is 25.1 Å². The lowest BCUT2D eigenvalue weighted by atomic mass is 9.89. The van der Waals surface area contributed by atoms with Crippen LogP contribution < -0.4 is 5.73 Å². The van der Waals surface area contributed by atoms with Gasteiger partial charge in [0.25, 0.3) is 0 Å². The third-order valence-corrected chi connectivity index (χ3v) is 6.94. The van der Waals surface area contributed by atoms with Gasteiger partial charge < -0.3 is 15.7 Å². The number of aromatic nitrogens is 1. The van der Waals surface area contributed by atoms with Crippen molar-refractivity contribution in [3.05, 3.63) is 21.3 Å². The number of carboxylic acid groups (broad SMARTS) is 1. The number of thiazole rings is 1. The molecule has 1 amide bonds. The molecule has 3 N–H and O–H groups in total. The summed E-state index contributed by atoms with van der Waals surface area (Å²) in [7, 11) is 1.28. The molecule has 0 bridgehead atoms. The highest BCUT2D eigenvalue weighted by Crippen LogP contribution is 2.45. The van der Waals surface area contributed by atoms with Gasteiger partial charge in [0.15, 0.2) is 16.6 Å². The Bertz CT molecular complexity index is 913. The highest BCUT2D eigenvalue weighted by molar-refractivity contribution is 8.00. The van der Waals surface area contributed by atoms with Gasteiger partial charge in [0.1, 0.15) is 22.8 Å². The number of carboxylic acids is 1. The molecule has 3 rings (SSSR count). The van der Waals surface area contributed by atoms with E-state index in [4.69, 9.17) is 22.2 Å². The van der Waals surface area contributed by atoms with Crippen LogP contribution in [-0.4, -0.2) is 56.6 Å². The number of carbonyl (C=O) groups excluding carboxylic acids is 2. The van der Waals surface area contributed by atoms with Gasteiger partial charge in [-0.15, -0.1) is 11.8 Å². The van der Waals surface area contributed by atoms with E-state index < -0.39 is 29.0 Å². The number of aliphatic carboxylic acids is 1. The first-order valence-electron chi connectivity index (χ1n) is 8.26. The zero-order valence-electron chi connectivity index (χ0n) is 15.0. The van der Waals surface area contributed by atoms with Gasteiger partial charge >= 0.3 is 5.97 Å². The Balaban J connectivity index is 1.81. The number of amides is 1. The second kappa shape index (κ2) is 8.10. The van der Waals surface area contributed by atoms with Gasteiger partial charge in [-0.25, -0.2) is 9.78 Å². The van der Waals surface area contributed by atoms with Crippen LogP contribution >= 0.6 is 34.7 Å². The Hall–Kier alpha value is -2.11. The molecule has 1 saturated heterocycles. The molecular formula is C16H17ClN4O5S2. The Morgan fingerprint density at radius 3 is 2.75 bits per heavy atom. The molecule has 1 aromatic heterocycles. The third-order valence-electron chi connectivity index (χ3n) is 4.47. The third kappa shape index (κ3) is 3.49. The molecule has 1 fully saturated rings. The number of ketones is 1. The molecule has 12 heteroatoms. The molecule has 0 aliphatic carbocycles. The van der Waals surface area contributed by atoms with E-state index in [1.165, 1.54) is 23.8 Å². The minimum absolute atomic E-state index is 0.0288. The molecular weight excluding hydrogens is 428 g/mol. The first kappa shape index (κ1) is 20.6. The van der Waals surface area contributed by atoms with Crippen molar-refractivity contribution in [3.8, 4) is 0 Å². The average molecular weight is 445 g/mol. The van der Waals surface area contributed by atoms with Crippen LogP contribution in [0, 0.1) is 5.92 Å². The van der Waals surface area contributed by atoms with Gasteiger partial charge in [-0.3, -0.25) is 14.5 Å². The molecule has 0 saturated carbocycles. The lowest BCUT2D eigenvalue weighted by Gasteiger charge is -2.49. The Morgan fingerprint density at radius 1 is 1.50 bits per heavy atom. The second-order valence-corrected chi connectivity index (χ2v) is 8.79. The highest BCUT2D eigenvalue weighted by Gasteiger charge is 2.54. The van der Waals surface area contributed by atoms with Crippen molar-refractivity contribution in [2.75, 3.05) is 18.6 Å². The van der Waals surface area contributed by atoms with Crippen LogP contribution in [0.2, 0.25) is 4.34 Å². The minimum atomic E-state index is -1.13. The van der Waals surface area contributed by atoms with E-state index in [0.29, 0.717) is 17.7 Å². The van der Waals surface area contributed by atoms with Crippen molar-refractivity contribution in [3.63, 3.8) is 0 Å². The first-order chi connectivity index (χ1) is 13.3. The first-order valence-corrected chi connectivity index (χ1v) is 10.5. The number of halogens is 1. The van der Waals surface area contributed by atoms with E-state index in [-0.39, 0.29) is 33.0 Å². The SMILES string of the molecule is CCC1=C(C(=O)O)N2C(=O)[C@@H](CC(=O)/C(=N\OC)c3nc(N)sc3Cl)[C@H]2SC1. The van der Waals surface area contributed by atoms with Crippen molar-refractivity contribution >= 4 is 63.2 Å². The van der Waals surface area contributed by atoms with Gasteiger partial charge in [-0.1, -0.05) is 35.0 Å². The van der Waals surface area contributed by atoms with Crippen LogP contribution in [0.1, 0.15) is 25.5 Å². The Kier molecular flexibility index (Phi) is 5.96. The number of hydrogen-bond donors (Lipinski definition) is 2. The maximum Gasteiger partial charge on any atom is 0.352 e. The lowest BCUT2D eigenvalue weighted by molar-refractivity contribution is -0.153. The van der Waals surface area contributed by atoms with Crippen LogP contribution in [0.15, 0.2) is 16.4 Å². The van der Waals surface area contributed by atoms with Crippen molar-refractivity contribution in [1.29, 1.82) is 0 Å². The number of rotatable bonds is 7. The van der Waals surface area contributed by atoms with Gasteiger partial charge in [-0.05, 0) is 12.0 Å². The quantitative estimate of drug-likeness (QED) is 0.370. The highest BCUT2D eigenvalue weighted by atomic mass is 35.5. The summed E-state index contributed by atoms with van der Waals surface area (Å²) >= 11 is 8.51. The molecule has 9 nitrogen and oxygen atoms in total. The number of oxime groups is 1. The smallest absolute Gasteiger partial charge is 0.352 e. The predicted molar refractivity (Wildman–Crippen MR) is 106 cm³/mol.